The first-order valence-corrected chi connectivity index (χ1v) is 10.9. The number of anilines is 1. The van der Waals surface area contributed by atoms with E-state index in [4.69, 9.17) is 37.9 Å². The lowest BCUT2D eigenvalue weighted by Gasteiger charge is -2.42. The first kappa shape index (κ1) is 20.9. The van der Waals surface area contributed by atoms with Crippen molar-refractivity contribution in [1.29, 1.82) is 0 Å². The van der Waals surface area contributed by atoms with Crippen molar-refractivity contribution >= 4 is 29.0 Å². The highest BCUT2D eigenvalue weighted by Gasteiger charge is 2.47. The van der Waals surface area contributed by atoms with Crippen LogP contribution in [0.15, 0.2) is 18.2 Å². The van der Waals surface area contributed by atoms with Gasteiger partial charge in [-0.25, -0.2) is 9.97 Å². The fourth-order valence-corrected chi connectivity index (χ4v) is 5.07. The van der Waals surface area contributed by atoms with Crippen molar-refractivity contribution in [2.24, 2.45) is 11.3 Å². The zero-order chi connectivity index (χ0) is 20.8. The van der Waals surface area contributed by atoms with Gasteiger partial charge in [-0.1, -0.05) is 42.3 Å². The molecule has 1 spiro atoms. The third kappa shape index (κ3) is 3.63. The Hall–Kier alpha value is -1.40. The van der Waals surface area contributed by atoms with Crippen LogP contribution in [0.1, 0.15) is 38.1 Å². The van der Waals surface area contributed by atoms with Crippen molar-refractivity contribution < 1.29 is 9.84 Å². The van der Waals surface area contributed by atoms with E-state index >= 15 is 0 Å². The first-order chi connectivity index (χ1) is 13.9. The van der Waals surface area contributed by atoms with Crippen LogP contribution in [0.25, 0.3) is 11.3 Å². The second-order valence-electron chi connectivity index (χ2n) is 8.34. The minimum atomic E-state index is -0.175. The smallest absolute Gasteiger partial charge is 0.153 e. The average Bonchev–Trinajstić information content (AvgIpc) is 2.99. The maximum absolute atomic E-state index is 10.0. The number of aromatic nitrogens is 2. The van der Waals surface area contributed by atoms with E-state index in [0.29, 0.717) is 33.5 Å². The predicted molar refractivity (Wildman–Crippen MR) is 117 cm³/mol. The van der Waals surface area contributed by atoms with Crippen LogP contribution in [0.5, 0.6) is 0 Å². The van der Waals surface area contributed by atoms with Crippen LogP contribution in [0.3, 0.4) is 0 Å². The molecule has 2 saturated heterocycles. The van der Waals surface area contributed by atoms with Gasteiger partial charge in [-0.05, 0) is 38.7 Å². The lowest BCUT2D eigenvalue weighted by molar-refractivity contribution is 0.0969. The zero-order valence-electron chi connectivity index (χ0n) is 17.1. The van der Waals surface area contributed by atoms with Crippen molar-refractivity contribution in [3.05, 3.63) is 39.6 Å². The second-order valence-corrected chi connectivity index (χ2v) is 9.13. The van der Waals surface area contributed by atoms with Gasteiger partial charge in [0, 0.05) is 24.1 Å². The molecule has 0 aliphatic carbocycles. The number of benzene rings is 1. The Bertz CT molecular complexity index is 913. The summed E-state index contributed by atoms with van der Waals surface area (Å²) in [7, 11) is 0. The third-order valence-corrected chi connectivity index (χ3v) is 7.66. The molecule has 2 aliphatic heterocycles. The summed E-state index contributed by atoms with van der Waals surface area (Å²) in [5.74, 6) is 1.32. The van der Waals surface area contributed by atoms with Gasteiger partial charge < -0.3 is 14.7 Å². The van der Waals surface area contributed by atoms with Crippen LogP contribution >= 0.6 is 23.2 Å². The summed E-state index contributed by atoms with van der Waals surface area (Å²) in [6.07, 6.45) is 2.44. The molecule has 5 nitrogen and oxygen atoms in total. The Kier molecular flexibility index (Phi) is 5.77. The number of hydrogen-bond donors (Lipinski definition) is 1. The van der Waals surface area contributed by atoms with Crippen LogP contribution in [-0.4, -0.2) is 40.9 Å². The molecule has 1 N–H and O–H groups in total. The zero-order valence-corrected chi connectivity index (χ0v) is 18.6. The lowest BCUT2D eigenvalue weighted by atomic mass is 9.70. The Labute approximate surface area is 182 Å². The van der Waals surface area contributed by atoms with Gasteiger partial charge in [0.1, 0.15) is 5.69 Å². The molecule has 2 fully saturated rings. The largest absolute Gasteiger partial charge is 0.390 e. The number of ether oxygens (including phenoxy) is 1. The monoisotopic (exact) mass is 435 g/mol. The Morgan fingerprint density at radius 3 is 2.55 bits per heavy atom. The highest BCUT2D eigenvalue weighted by atomic mass is 35.5. The number of piperidine rings is 1. The number of nitrogens with zero attached hydrogens (tertiary/aromatic N) is 3. The standard InChI is InChI=1S/C22H27Cl2N3O2/c1-13-15(3)29-12-22(13)7-9-27(10-8-22)21-18(11-28)26-20(14(2)25-21)16-5-4-6-17(23)19(16)24/h4-6,13,15,28H,7-12H2,1-3H3/t13-,15+/m1/s1. The number of halogens is 2. The van der Waals surface area contributed by atoms with Crippen molar-refractivity contribution in [3.63, 3.8) is 0 Å². The molecule has 4 rings (SSSR count). The summed E-state index contributed by atoms with van der Waals surface area (Å²) in [6.45, 7) is 8.84. The normalized spacial score (nSPS) is 23.7. The van der Waals surface area contributed by atoms with Crippen LogP contribution < -0.4 is 4.90 Å². The quantitative estimate of drug-likeness (QED) is 0.742. The SMILES string of the molecule is Cc1nc(N2CCC3(CC2)CO[C@@H](C)[C@H]3C)c(CO)nc1-c1cccc(Cl)c1Cl. The Balaban J connectivity index is 1.63. The number of rotatable bonds is 3. The van der Waals surface area contributed by atoms with Crippen LogP contribution in [0.2, 0.25) is 10.0 Å². The molecule has 156 valence electrons. The first-order valence-electron chi connectivity index (χ1n) is 10.2. The molecule has 0 amide bonds. The molecule has 0 saturated carbocycles. The molecule has 0 unspecified atom stereocenters. The van der Waals surface area contributed by atoms with E-state index in [-0.39, 0.29) is 12.0 Å². The lowest BCUT2D eigenvalue weighted by Crippen LogP contribution is -2.44. The van der Waals surface area contributed by atoms with Gasteiger partial charge in [-0.3, -0.25) is 0 Å². The molecule has 1 aromatic heterocycles. The third-order valence-electron chi connectivity index (χ3n) is 6.84. The van der Waals surface area contributed by atoms with Crippen LogP contribution in [-0.2, 0) is 11.3 Å². The van der Waals surface area contributed by atoms with Gasteiger partial charge >= 0.3 is 0 Å². The van der Waals surface area contributed by atoms with Gasteiger partial charge in [0.25, 0.3) is 0 Å². The fraction of sp³-hybridized carbons (Fsp3) is 0.545. The number of aliphatic hydroxyl groups excluding tert-OH is 1. The molecule has 2 aromatic rings. The van der Waals surface area contributed by atoms with Crippen LogP contribution in [0.4, 0.5) is 5.82 Å². The topological polar surface area (TPSA) is 58.5 Å². The Morgan fingerprint density at radius 2 is 1.93 bits per heavy atom. The molecular weight excluding hydrogens is 409 g/mol. The van der Waals surface area contributed by atoms with Crippen LogP contribution in [0, 0.1) is 18.3 Å². The molecule has 0 bridgehead atoms. The van der Waals surface area contributed by atoms with Crippen molar-refractivity contribution in [2.45, 2.75) is 46.3 Å². The van der Waals surface area contributed by atoms with E-state index in [9.17, 15) is 5.11 Å². The second kappa shape index (κ2) is 8.03. The molecule has 1 aromatic carbocycles. The van der Waals surface area contributed by atoms with Gasteiger partial charge in [0.05, 0.1) is 40.8 Å². The number of aliphatic hydroxyl groups is 1. The number of aryl methyl sites for hydroxylation is 1. The molecular formula is C22H27Cl2N3O2. The molecule has 3 heterocycles. The maximum atomic E-state index is 10.0. The van der Waals surface area contributed by atoms with Gasteiger partial charge in [0.15, 0.2) is 5.82 Å². The average molecular weight is 436 g/mol. The summed E-state index contributed by atoms with van der Waals surface area (Å²) >= 11 is 12.6. The summed E-state index contributed by atoms with van der Waals surface area (Å²) in [5, 5.41) is 10.9. The summed E-state index contributed by atoms with van der Waals surface area (Å²) in [6, 6.07) is 5.46. The minimum absolute atomic E-state index is 0.175. The summed E-state index contributed by atoms with van der Waals surface area (Å²) in [5.41, 5.74) is 2.99. The molecule has 0 radical (unpaired) electrons. The predicted octanol–water partition coefficient (Wildman–Crippen LogP) is 4.89. The van der Waals surface area contributed by atoms with Crippen molar-refractivity contribution in [1.82, 2.24) is 9.97 Å². The number of hydrogen-bond acceptors (Lipinski definition) is 5. The fourth-order valence-electron chi connectivity index (χ4n) is 4.68. The molecule has 2 atom stereocenters. The Morgan fingerprint density at radius 1 is 1.21 bits per heavy atom. The van der Waals surface area contributed by atoms with E-state index in [1.54, 1.807) is 6.07 Å². The van der Waals surface area contributed by atoms with Crippen molar-refractivity contribution in [2.75, 3.05) is 24.6 Å². The molecule has 29 heavy (non-hydrogen) atoms. The van der Waals surface area contributed by atoms with Gasteiger partial charge in [-0.2, -0.15) is 0 Å². The van der Waals surface area contributed by atoms with Gasteiger partial charge in [0.2, 0.25) is 0 Å². The van der Waals surface area contributed by atoms with Crippen molar-refractivity contribution in [3.8, 4) is 11.3 Å². The minimum Gasteiger partial charge on any atom is -0.390 e. The highest BCUT2D eigenvalue weighted by Crippen LogP contribution is 2.47. The van der Waals surface area contributed by atoms with E-state index in [1.807, 2.05) is 19.1 Å². The van der Waals surface area contributed by atoms with E-state index in [2.05, 4.69) is 18.7 Å². The summed E-state index contributed by atoms with van der Waals surface area (Å²) in [4.78, 5) is 11.8. The van der Waals surface area contributed by atoms with E-state index < -0.39 is 0 Å². The summed E-state index contributed by atoms with van der Waals surface area (Å²) < 4.78 is 5.94. The maximum Gasteiger partial charge on any atom is 0.153 e. The van der Waals surface area contributed by atoms with E-state index in [1.165, 1.54) is 0 Å². The van der Waals surface area contributed by atoms with E-state index in [0.717, 1.165) is 49.6 Å². The highest BCUT2D eigenvalue weighted by molar-refractivity contribution is 6.43. The van der Waals surface area contributed by atoms with Gasteiger partial charge in [-0.15, -0.1) is 0 Å². The molecule has 2 aliphatic rings. The molecule has 7 heteroatoms.